The Kier molecular flexibility index (Phi) is 6.51. The smallest absolute Gasteiger partial charge is 0.265 e. The van der Waals surface area contributed by atoms with Gasteiger partial charge in [0.05, 0.1) is 17.0 Å². The van der Waals surface area contributed by atoms with E-state index in [1.165, 1.54) is 0 Å². The molecule has 0 aliphatic carbocycles. The Labute approximate surface area is 182 Å². The minimum Gasteiger partial charge on any atom is -0.274 e. The summed E-state index contributed by atoms with van der Waals surface area (Å²) < 4.78 is 110. The summed E-state index contributed by atoms with van der Waals surface area (Å²) in [5.41, 5.74) is -2.51. The monoisotopic (exact) mass is 493 g/mol. The molecule has 3 rings (SSSR count). The average Bonchev–Trinajstić information content (AvgIpc) is 2.72. The fourth-order valence-corrected chi connectivity index (χ4v) is 4.32. The molecule has 0 fully saturated rings. The molecule has 0 spiro atoms. The van der Waals surface area contributed by atoms with Crippen LogP contribution >= 0.6 is 11.6 Å². The van der Waals surface area contributed by atoms with Crippen LogP contribution < -0.4 is 4.72 Å². The highest BCUT2D eigenvalue weighted by Crippen LogP contribution is 2.36. The third-order valence-corrected chi connectivity index (χ3v) is 6.08. The Bertz CT molecular complexity index is 1300. The molecule has 0 saturated heterocycles. The van der Waals surface area contributed by atoms with Crippen LogP contribution in [0.3, 0.4) is 0 Å². The zero-order chi connectivity index (χ0) is 23.8. The maximum atomic E-state index is 14.3. The van der Waals surface area contributed by atoms with Crippen molar-refractivity contribution < 1.29 is 39.6 Å². The predicted molar refractivity (Wildman–Crippen MR) is 102 cm³/mol. The summed E-state index contributed by atoms with van der Waals surface area (Å²) in [5, 5.41) is -0.796. The molecule has 3 aromatic carbocycles. The summed E-state index contributed by atoms with van der Waals surface area (Å²) in [4.78, 5) is 11.1. The zero-order valence-corrected chi connectivity index (χ0v) is 17.1. The summed E-state index contributed by atoms with van der Waals surface area (Å²) in [5.74, 6) is -14.5. The third kappa shape index (κ3) is 4.44. The number of hydrogen-bond donors (Lipinski definition) is 1. The van der Waals surface area contributed by atoms with E-state index in [2.05, 4.69) is 0 Å². The lowest BCUT2D eigenvalue weighted by Crippen LogP contribution is -2.32. The van der Waals surface area contributed by atoms with Gasteiger partial charge in [0.1, 0.15) is 10.7 Å². The number of rotatable bonds is 5. The van der Waals surface area contributed by atoms with Crippen LogP contribution in [-0.4, -0.2) is 14.3 Å². The average molecular weight is 494 g/mol. The van der Waals surface area contributed by atoms with Gasteiger partial charge in [-0.15, -0.1) is 0 Å². The van der Waals surface area contributed by atoms with Gasteiger partial charge in [0, 0.05) is 5.56 Å². The molecule has 0 aliphatic heterocycles. The largest absolute Gasteiger partial charge is 0.274 e. The van der Waals surface area contributed by atoms with E-state index in [1.807, 2.05) is 0 Å². The number of carbonyl (C=O) groups is 1. The molecule has 168 valence electrons. The number of benzene rings is 3. The van der Waals surface area contributed by atoms with E-state index in [4.69, 9.17) is 11.6 Å². The topological polar surface area (TPSA) is 63.2 Å². The van der Waals surface area contributed by atoms with Gasteiger partial charge in [0.25, 0.3) is 10.0 Å². The van der Waals surface area contributed by atoms with Crippen molar-refractivity contribution >= 4 is 27.5 Å². The summed E-state index contributed by atoms with van der Waals surface area (Å²) in [6.07, 6.45) is -0.372. The van der Waals surface area contributed by atoms with Gasteiger partial charge in [-0.2, -0.15) is 0 Å². The van der Waals surface area contributed by atoms with Crippen molar-refractivity contribution in [3.63, 3.8) is 0 Å². The van der Waals surface area contributed by atoms with Gasteiger partial charge in [-0.1, -0.05) is 41.9 Å². The Morgan fingerprint density at radius 2 is 1.38 bits per heavy atom. The summed E-state index contributed by atoms with van der Waals surface area (Å²) in [6, 6.07) is 8.53. The first-order chi connectivity index (χ1) is 14.9. The van der Waals surface area contributed by atoms with Crippen LogP contribution in [0.25, 0.3) is 11.1 Å². The van der Waals surface area contributed by atoms with Crippen LogP contribution in [0.1, 0.15) is 5.56 Å². The number of hydrogen-bond acceptors (Lipinski definition) is 3. The third-order valence-electron chi connectivity index (χ3n) is 4.25. The highest BCUT2D eigenvalue weighted by molar-refractivity contribution is 7.90. The van der Waals surface area contributed by atoms with Crippen molar-refractivity contribution in [2.24, 2.45) is 0 Å². The maximum Gasteiger partial charge on any atom is 0.265 e. The van der Waals surface area contributed by atoms with Crippen LogP contribution in [0, 0.1) is 34.9 Å². The zero-order valence-electron chi connectivity index (χ0n) is 15.5. The molecule has 0 bridgehead atoms. The standard InChI is InChI=1S/C20H10ClF6NO3S/c21-11-8-12(22)10(15-16(23)18(25)20(27)19(26)17(15)24)7-13(11)32(30,31)28-14(29)6-9-4-2-1-3-5-9/h1-5,7-8H,6H2,(H,28,29). The number of carbonyl (C=O) groups excluding carboxylic acids is 1. The second-order valence-electron chi connectivity index (χ2n) is 6.40. The van der Waals surface area contributed by atoms with Gasteiger partial charge in [0.15, 0.2) is 23.3 Å². The molecule has 0 unspecified atom stereocenters. The Morgan fingerprint density at radius 3 is 1.94 bits per heavy atom. The van der Waals surface area contributed by atoms with Crippen molar-refractivity contribution in [2.45, 2.75) is 11.3 Å². The molecule has 0 radical (unpaired) electrons. The first kappa shape index (κ1) is 23.6. The van der Waals surface area contributed by atoms with Gasteiger partial charge in [-0.05, 0) is 17.7 Å². The Hall–Kier alpha value is -3.05. The van der Waals surface area contributed by atoms with E-state index in [0.29, 0.717) is 11.6 Å². The Balaban J connectivity index is 2.07. The molecule has 0 saturated carbocycles. The van der Waals surface area contributed by atoms with Gasteiger partial charge in [-0.25, -0.2) is 39.5 Å². The van der Waals surface area contributed by atoms with E-state index < -0.39 is 71.9 Å². The van der Waals surface area contributed by atoms with Crippen LogP contribution in [0.5, 0.6) is 0 Å². The van der Waals surface area contributed by atoms with E-state index in [1.54, 1.807) is 35.1 Å². The second kappa shape index (κ2) is 8.83. The van der Waals surface area contributed by atoms with Crippen molar-refractivity contribution in [1.29, 1.82) is 0 Å². The van der Waals surface area contributed by atoms with Gasteiger partial charge in [0.2, 0.25) is 11.7 Å². The lowest BCUT2D eigenvalue weighted by molar-refractivity contribution is -0.118. The van der Waals surface area contributed by atoms with E-state index in [9.17, 15) is 39.6 Å². The molecule has 12 heteroatoms. The minimum absolute atomic E-state index is 0.272. The van der Waals surface area contributed by atoms with Crippen LogP contribution in [-0.2, 0) is 21.2 Å². The fourth-order valence-electron chi connectivity index (χ4n) is 2.79. The number of amides is 1. The normalized spacial score (nSPS) is 11.5. The summed E-state index contributed by atoms with van der Waals surface area (Å²) in [7, 11) is -4.82. The van der Waals surface area contributed by atoms with E-state index >= 15 is 0 Å². The van der Waals surface area contributed by atoms with E-state index in [0.717, 1.165) is 0 Å². The van der Waals surface area contributed by atoms with Crippen LogP contribution in [0.4, 0.5) is 26.3 Å². The quantitative estimate of drug-likeness (QED) is 0.313. The Morgan fingerprint density at radius 1 is 0.844 bits per heavy atom. The molecular formula is C20H10ClF6NO3S. The summed E-state index contributed by atoms with van der Waals surface area (Å²) in [6.45, 7) is 0. The summed E-state index contributed by atoms with van der Waals surface area (Å²) >= 11 is 5.72. The van der Waals surface area contributed by atoms with Crippen molar-refractivity contribution in [3.8, 4) is 11.1 Å². The molecule has 0 heterocycles. The van der Waals surface area contributed by atoms with Crippen LogP contribution in [0.15, 0.2) is 47.4 Å². The molecule has 1 amide bonds. The van der Waals surface area contributed by atoms with E-state index in [-0.39, 0.29) is 12.5 Å². The van der Waals surface area contributed by atoms with Gasteiger partial charge >= 0.3 is 0 Å². The molecule has 0 atom stereocenters. The molecule has 1 N–H and O–H groups in total. The number of nitrogens with one attached hydrogen (secondary N) is 1. The lowest BCUT2D eigenvalue weighted by atomic mass is 10.0. The molecule has 0 aromatic heterocycles. The number of sulfonamides is 1. The number of halogens is 7. The van der Waals surface area contributed by atoms with Gasteiger partial charge < -0.3 is 0 Å². The minimum atomic E-state index is -4.82. The molecule has 0 aliphatic rings. The van der Waals surface area contributed by atoms with Crippen molar-refractivity contribution in [3.05, 3.63) is 88.0 Å². The predicted octanol–water partition coefficient (Wildman–Crippen LogP) is 4.89. The molecule has 4 nitrogen and oxygen atoms in total. The highest BCUT2D eigenvalue weighted by atomic mass is 35.5. The van der Waals surface area contributed by atoms with Crippen LogP contribution in [0.2, 0.25) is 5.02 Å². The fraction of sp³-hybridized carbons (Fsp3) is 0.0500. The SMILES string of the molecule is O=C(Cc1ccccc1)NS(=O)(=O)c1cc(-c2c(F)c(F)c(F)c(F)c2F)c(F)cc1Cl. The van der Waals surface area contributed by atoms with Crippen molar-refractivity contribution in [2.75, 3.05) is 0 Å². The first-order valence-electron chi connectivity index (χ1n) is 8.54. The van der Waals surface area contributed by atoms with Gasteiger partial charge in [-0.3, -0.25) is 4.79 Å². The maximum absolute atomic E-state index is 14.3. The lowest BCUT2D eigenvalue weighted by Gasteiger charge is -2.13. The second-order valence-corrected chi connectivity index (χ2v) is 8.46. The first-order valence-corrected chi connectivity index (χ1v) is 10.4. The molecular weight excluding hydrogens is 484 g/mol. The van der Waals surface area contributed by atoms with Crippen molar-refractivity contribution in [1.82, 2.24) is 4.72 Å². The molecule has 32 heavy (non-hydrogen) atoms. The highest BCUT2D eigenvalue weighted by Gasteiger charge is 2.30. The molecule has 3 aromatic rings.